The van der Waals surface area contributed by atoms with Crippen LogP contribution in [0.2, 0.25) is 0 Å². The molecule has 0 aliphatic carbocycles. The maximum absolute atomic E-state index is 10.8. The zero-order valence-electron chi connectivity index (χ0n) is 9.28. The molecule has 0 rings (SSSR count). The van der Waals surface area contributed by atoms with E-state index in [-0.39, 0.29) is 5.92 Å². The minimum atomic E-state index is -0.795. The second-order valence-electron chi connectivity index (χ2n) is 4.16. The molecule has 14 heavy (non-hydrogen) atoms. The van der Waals surface area contributed by atoms with Gasteiger partial charge in [0.05, 0.1) is 5.60 Å². The summed E-state index contributed by atoms with van der Waals surface area (Å²) >= 11 is 1.32. The molecule has 0 saturated heterocycles. The molecule has 0 aliphatic heterocycles. The van der Waals surface area contributed by atoms with Crippen molar-refractivity contribution in [1.82, 2.24) is 0 Å². The van der Waals surface area contributed by atoms with E-state index in [4.69, 9.17) is 5.11 Å². The van der Waals surface area contributed by atoms with Crippen LogP contribution in [0.4, 0.5) is 0 Å². The minimum absolute atomic E-state index is 0.0881. The first-order chi connectivity index (χ1) is 6.30. The van der Waals surface area contributed by atoms with E-state index in [9.17, 15) is 9.90 Å². The van der Waals surface area contributed by atoms with Crippen LogP contribution in [0, 0.1) is 5.92 Å². The Morgan fingerprint density at radius 2 is 2.00 bits per heavy atom. The fourth-order valence-electron chi connectivity index (χ4n) is 0.920. The van der Waals surface area contributed by atoms with Gasteiger partial charge in [-0.2, -0.15) is 0 Å². The molecule has 0 heterocycles. The van der Waals surface area contributed by atoms with Crippen molar-refractivity contribution in [2.24, 2.45) is 5.92 Å². The van der Waals surface area contributed by atoms with Crippen LogP contribution in [0.15, 0.2) is 0 Å². The number of carboxylic acids is 1. The molecule has 2 N–H and O–H groups in total. The van der Waals surface area contributed by atoms with Crippen LogP contribution < -0.4 is 0 Å². The van der Waals surface area contributed by atoms with Gasteiger partial charge in [0.1, 0.15) is 5.25 Å². The van der Waals surface area contributed by atoms with Crippen LogP contribution >= 0.6 is 11.8 Å². The summed E-state index contributed by atoms with van der Waals surface area (Å²) in [6.45, 7) is 7.39. The molecular formula is C10H20O3S. The Bertz CT molecular complexity index is 190. The third kappa shape index (κ3) is 4.86. The molecule has 0 amide bonds. The van der Waals surface area contributed by atoms with Gasteiger partial charge >= 0.3 is 5.97 Å². The standard InChI is InChI=1S/C10H20O3S/c1-5-10(4,13)6-14-8(7(2)3)9(11)12/h7-8,13H,5-6H2,1-4H3,(H,11,12). The Morgan fingerprint density at radius 3 is 2.29 bits per heavy atom. The lowest BCUT2D eigenvalue weighted by molar-refractivity contribution is -0.137. The van der Waals surface area contributed by atoms with E-state index >= 15 is 0 Å². The van der Waals surface area contributed by atoms with E-state index in [1.165, 1.54) is 11.8 Å². The van der Waals surface area contributed by atoms with Crippen molar-refractivity contribution in [1.29, 1.82) is 0 Å². The highest BCUT2D eigenvalue weighted by Gasteiger charge is 2.26. The minimum Gasteiger partial charge on any atom is -0.480 e. The average molecular weight is 220 g/mol. The molecule has 0 fully saturated rings. The first-order valence-corrected chi connectivity index (χ1v) is 5.92. The third-order valence-electron chi connectivity index (χ3n) is 2.18. The van der Waals surface area contributed by atoms with Crippen LogP contribution in [-0.2, 0) is 4.79 Å². The van der Waals surface area contributed by atoms with Crippen LogP contribution in [0.5, 0.6) is 0 Å². The highest BCUT2D eigenvalue weighted by atomic mass is 32.2. The molecule has 0 bridgehead atoms. The van der Waals surface area contributed by atoms with E-state index < -0.39 is 16.8 Å². The largest absolute Gasteiger partial charge is 0.480 e. The average Bonchev–Trinajstić information content (AvgIpc) is 2.03. The molecule has 0 radical (unpaired) electrons. The SMILES string of the molecule is CCC(C)(O)CSC(C(=O)O)C(C)C. The topological polar surface area (TPSA) is 57.5 Å². The second-order valence-corrected chi connectivity index (χ2v) is 5.29. The normalized spacial score (nSPS) is 17.9. The number of thioether (sulfide) groups is 1. The predicted octanol–water partition coefficient (Wildman–Crippen LogP) is 1.99. The summed E-state index contributed by atoms with van der Waals surface area (Å²) in [5, 5.41) is 18.2. The Balaban J connectivity index is 4.14. The van der Waals surface area contributed by atoms with Crippen LogP contribution in [-0.4, -0.2) is 32.8 Å². The molecular weight excluding hydrogens is 200 g/mol. The van der Waals surface area contributed by atoms with E-state index in [2.05, 4.69) is 0 Å². The lowest BCUT2D eigenvalue weighted by atomic mass is 10.1. The number of aliphatic hydroxyl groups is 1. The van der Waals surface area contributed by atoms with Crippen molar-refractivity contribution >= 4 is 17.7 Å². The molecule has 0 aromatic rings. The molecule has 84 valence electrons. The van der Waals surface area contributed by atoms with E-state index in [1.807, 2.05) is 20.8 Å². The Morgan fingerprint density at radius 1 is 1.50 bits per heavy atom. The molecule has 3 nitrogen and oxygen atoms in total. The summed E-state index contributed by atoms with van der Waals surface area (Å²) in [6, 6.07) is 0. The summed E-state index contributed by atoms with van der Waals surface area (Å²) < 4.78 is 0. The second kappa shape index (κ2) is 5.61. The van der Waals surface area contributed by atoms with Crippen LogP contribution in [0.1, 0.15) is 34.1 Å². The summed E-state index contributed by atoms with van der Waals surface area (Å²) in [5.41, 5.74) is -0.757. The zero-order chi connectivity index (χ0) is 11.4. The van der Waals surface area contributed by atoms with Crippen molar-refractivity contribution < 1.29 is 15.0 Å². The smallest absolute Gasteiger partial charge is 0.316 e. The van der Waals surface area contributed by atoms with Gasteiger partial charge in [-0.25, -0.2) is 0 Å². The number of rotatable bonds is 6. The van der Waals surface area contributed by atoms with Gasteiger partial charge in [0.25, 0.3) is 0 Å². The van der Waals surface area contributed by atoms with Crippen molar-refractivity contribution in [2.75, 3.05) is 5.75 Å². The number of aliphatic carboxylic acids is 1. The Kier molecular flexibility index (Phi) is 5.52. The highest BCUT2D eigenvalue weighted by molar-refractivity contribution is 8.00. The molecule has 0 aromatic heterocycles. The maximum Gasteiger partial charge on any atom is 0.316 e. The van der Waals surface area contributed by atoms with E-state index in [0.717, 1.165) is 0 Å². The van der Waals surface area contributed by atoms with Gasteiger partial charge in [-0.15, -0.1) is 11.8 Å². The van der Waals surface area contributed by atoms with E-state index in [0.29, 0.717) is 12.2 Å². The molecule has 0 aliphatic rings. The number of carboxylic acid groups (broad SMARTS) is 1. The molecule has 0 spiro atoms. The Hall–Kier alpha value is -0.220. The molecule has 2 unspecified atom stereocenters. The summed E-state index contributed by atoms with van der Waals surface area (Å²) in [4.78, 5) is 10.8. The Labute approximate surface area is 89.9 Å². The molecule has 4 heteroatoms. The van der Waals surface area contributed by atoms with Gasteiger partial charge in [0.15, 0.2) is 0 Å². The van der Waals surface area contributed by atoms with Crippen LogP contribution in [0.25, 0.3) is 0 Å². The van der Waals surface area contributed by atoms with Gasteiger partial charge in [-0.05, 0) is 19.3 Å². The fourth-order valence-corrected chi connectivity index (χ4v) is 2.19. The summed E-state index contributed by atoms with van der Waals surface area (Å²) in [5.74, 6) is -0.236. The predicted molar refractivity (Wildman–Crippen MR) is 59.6 cm³/mol. The lowest BCUT2D eigenvalue weighted by Crippen LogP contribution is -2.31. The zero-order valence-corrected chi connectivity index (χ0v) is 10.1. The van der Waals surface area contributed by atoms with Gasteiger partial charge in [-0.1, -0.05) is 20.8 Å². The first kappa shape index (κ1) is 13.8. The van der Waals surface area contributed by atoms with Crippen LogP contribution in [0.3, 0.4) is 0 Å². The van der Waals surface area contributed by atoms with Gasteiger partial charge < -0.3 is 10.2 Å². The first-order valence-electron chi connectivity index (χ1n) is 4.87. The number of carbonyl (C=O) groups is 1. The van der Waals surface area contributed by atoms with Crippen molar-refractivity contribution in [3.8, 4) is 0 Å². The fraction of sp³-hybridized carbons (Fsp3) is 0.900. The third-order valence-corrected chi connectivity index (χ3v) is 4.08. The molecule has 0 saturated carbocycles. The lowest BCUT2D eigenvalue weighted by Gasteiger charge is -2.24. The van der Waals surface area contributed by atoms with Gasteiger partial charge in [0.2, 0.25) is 0 Å². The van der Waals surface area contributed by atoms with Crippen molar-refractivity contribution in [2.45, 2.75) is 45.0 Å². The van der Waals surface area contributed by atoms with Crippen molar-refractivity contribution in [3.63, 3.8) is 0 Å². The molecule has 2 atom stereocenters. The van der Waals surface area contributed by atoms with Crippen molar-refractivity contribution in [3.05, 3.63) is 0 Å². The highest BCUT2D eigenvalue weighted by Crippen LogP contribution is 2.25. The van der Waals surface area contributed by atoms with E-state index in [1.54, 1.807) is 6.92 Å². The quantitative estimate of drug-likeness (QED) is 0.718. The maximum atomic E-state index is 10.8. The number of hydrogen-bond acceptors (Lipinski definition) is 3. The monoisotopic (exact) mass is 220 g/mol. The van der Waals surface area contributed by atoms with Gasteiger partial charge in [0, 0.05) is 5.75 Å². The number of hydrogen-bond donors (Lipinski definition) is 2. The summed E-state index contributed by atoms with van der Waals surface area (Å²) in [7, 11) is 0. The van der Waals surface area contributed by atoms with Gasteiger partial charge in [-0.3, -0.25) is 4.79 Å². The molecule has 0 aromatic carbocycles. The summed E-state index contributed by atoms with van der Waals surface area (Å²) in [6.07, 6.45) is 0.643.